The number of carbonyl (C=O) groups excluding carboxylic acids is 1. The van der Waals surface area contributed by atoms with E-state index < -0.39 is 6.10 Å². The lowest BCUT2D eigenvalue weighted by Crippen LogP contribution is -2.20. The van der Waals surface area contributed by atoms with Crippen molar-refractivity contribution in [3.8, 4) is 0 Å². The first-order valence-electron chi connectivity index (χ1n) is 9.22. The van der Waals surface area contributed by atoms with Crippen LogP contribution in [-0.4, -0.2) is 23.8 Å². The zero-order valence-corrected chi connectivity index (χ0v) is 14.9. The highest BCUT2D eigenvalue weighted by Crippen LogP contribution is 2.15. The Labute approximate surface area is 137 Å². The summed E-state index contributed by atoms with van der Waals surface area (Å²) < 4.78 is 5.04. The summed E-state index contributed by atoms with van der Waals surface area (Å²) in [7, 11) is 0. The van der Waals surface area contributed by atoms with E-state index in [1.165, 1.54) is 44.9 Å². The Kier molecular flexibility index (Phi) is 14.5. The van der Waals surface area contributed by atoms with Gasteiger partial charge in [-0.1, -0.05) is 71.3 Å². The molecule has 0 bridgehead atoms. The lowest BCUT2D eigenvalue weighted by Gasteiger charge is -2.13. The van der Waals surface area contributed by atoms with Crippen LogP contribution in [0.2, 0.25) is 0 Å². The predicted octanol–water partition coefficient (Wildman–Crippen LogP) is 5.17. The van der Waals surface area contributed by atoms with E-state index in [1.807, 2.05) is 13.0 Å². The fraction of sp³-hybridized carbons (Fsp3) is 0.842. The summed E-state index contributed by atoms with van der Waals surface area (Å²) in [6.45, 7) is 6.39. The van der Waals surface area contributed by atoms with Crippen LogP contribution in [0.25, 0.3) is 0 Å². The van der Waals surface area contributed by atoms with Gasteiger partial charge in [-0.25, -0.2) is 4.79 Å². The largest absolute Gasteiger partial charge is 0.463 e. The molecule has 0 aliphatic carbocycles. The number of rotatable bonds is 14. The molecule has 22 heavy (non-hydrogen) atoms. The first kappa shape index (κ1) is 21.2. The Morgan fingerprint density at radius 2 is 1.55 bits per heavy atom. The SMILES string of the molecule is CCCCCCCCCCC=C(C(=O)OCC)C(O)CCC. The van der Waals surface area contributed by atoms with Crippen molar-refractivity contribution >= 4 is 5.97 Å². The normalized spacial score (nSPS) is 13.2. The van der Waals surface area contributed by atoms with Crippen LogP contribution >= 0.6 is 0 Å². The number of hydrogen-bond acceptors (Lipinski definition) is 3. The summed E-state index contributed by atoms with van der Waals surface area (Å²) >= 11 is 0. The first-order valence-corrected chi connectivity index (χ1v) is 9.22. The fourth-order valence-electron chi connectivity index (χ4n) is 2.53. The average molecular weight is 312 g/mol. The maximum atomic E-state index is 11.9. The van der Waals surface area contributed by atoms with Gasteiger partial charge in [-0.3, -0.25) is 0 Å². The molecule has 1 N–H and O–H groups in total. The monoisotopic (exact) mass is 312 g/mol. The van der Waals surface area contributed by atoms with E-state index in [4.69, 9.17) is 4.74 Å². The third kappa shape index (κ3) is 10.8. The number of aliphatic hydroxyl groups is 1. The molecular formula is C19H36O3. The van der Waals surface area contributed by atoms with E-state index in [0.29, 0.717) is 18.6 Å². The number of hydrogen-bond donors (Lipinski definition) is 1. The number of allylic oxidation sites excluding steroid dienone is 1. The summed E-state index contributed by atoms with van der Waals surface area (Å²) in [4.78, 5) is 11.9. The van der Waals surface area contributed by atoms with E-state index in [2.05, 4.69) is 6.92 Å². The van der Waals surface area contributed by atoms with Gasteiger partial charge in [0.05, 0.1) is 18.3 Å². The lowest BCUT2D eigenvalue weighted by molar-refractivity contribution is -0.139. The van der Waals surface area contributed by atoms with Crippen molar-refractivity contribution in [2.75, 3.05) is 6.61 Å². The van der Waals surface area contributed by atoms with Crippen LogP contribution in [0.4, 0.5) is 0 Å². The molecule has 0 saturated heterocycles. The molecule has 0 radical (unpaired) electrons. The Balaban J connectivity index is 4.01. The molecule has 130 valence electrons. The molecule has 0 aromatic heterocycles. The van der Waals surface area contributed by atoms with Gasteiger partial charge in [0.15, 0.2) is 0 Å². The molecule has 0 aliphatic heterocycles. The second kappa shape index (κ2) is 15.1. The Morgan fingerprint density at radius 3 is 2.09 bits per heavy atom. The molecule has 3 nitrogen and oxygen atoms in total. The maximum absolute atomic E-state index is 11.9. The Morgan fingerprint density at radius 1 is 0.955 bits per heavy atom. The highest BCUT2D eigenvalue weighted by atomic mass is 16.5. The minimum Gasteiger partial charge on any atom is -0.463 e. The van der Waals surface area contributed by atoms with Gasteiger partial charge in [0, 0.05) is 0 Å². The predicted molar refractivity (Wildman–Crippen MR) is 92.9 cm³/mol. The zero-order chi connectivity index (χ0) is 16.6. The Hall–Kier alpha value is -0.830. The molecular weight excluding hydrogens is 276 g/mol. The Bertz CT molecular complexity index is 297. The molecule has 0 aromatic rings. The van der Waals surface area contributed by atoms with Gasteiger partial charge in [-0.2, -0.15) is 0 Å². The third-order valence-corrected chi connectivity index (χ3v) is 3.85. The van der Waals surface area contributed by atoms with Crippen molar-refractivity contribution in [1.82, 2.24) is 0 Å². The fourth-order valence-corrected chi connectivity index (χ4v) is 2.53. The number of ether oxygens (including phenoxy) is 1. The second-order valence-electron chi connectivity index (χ2n) is 5.95. The quantitative estimate of drug-likeness (QED) is 0.273. The number of esters is 1. The van der Waals surface area contributed by atoms with Gasteiger partial charge in [0.2, 0.25) is 0 Å². The maximum Gasteiger partial charge on any atom is 0.336 e. The molecule has 0 heterocycles. The topological polar surface area (TPSA) is 46.5 Å². The minimum atomic E-state index is -0.682. The van der Waals surface area contributed by atoms with Gasteiger partial charge in [-0.05, 0) is 26.2 Å². The van der Waals surface area contributed by atoms with Crippen LogP contribution in [0.3, 0.4) is 0 Å². The smallest absolute Gasteiger partial charge is 0.336 e. The molecule has 3 heteroatoms. The molecule has 0 aliphatic rings. The summed E-state index contributed by atoms with van der Waals surface area (Å²) in [6, 6.07) is 0. The number of carbonyl (C=O) groups is 1. The van der Waals surface area contributed by atoms with E-state index >= 15 is 0 Å². The summed E-state index contributed by atoms with van der Waals surface area (Å²) in [6.07, 6.45) is 13.7. The van der Waals surface area contributed by atoms with E-state index in [-0.39, 0.29) is 5.97 Å². The molecule has 0 saturated carbocycles. The van der Waals surface area contributed by atoms with Crippen LogP contribution in [0.15, 0.2) is 11.6 Å². The van der Waals surface area contributed by atoms with Crippen molar-refractivity contribution in [2.45, 2.75) is 97.5 Å². The van der Waals surface area contributed by atoms with E-state index in [0.717, 1.165) is 19.3 Å². The van der Waals surface area contributed by atoms with Crippen molar-refractivity contribution in [3.63, 3.8) is 0 Å². The third-order valence-electron chi connectivity index (χ3n) is 3.85. The van der Waals surface area contributed by atoms with Gasteiger partial charge in [0.1, 0.15) is 0 Å². The van der Waals surface area contributed by atoms with E-state index in [9.17, 15) is 9.90 Å². The first-order chi connectivity index (χ1) is 10.7. The molecule has 1 unspecified atom stereocenters. The molecule has 1 atom stereocenters. The van der Waals surface area contributed by atoms with Crippen molar-refractivity contribution in [3.05, 3.63) is 11.6 Å². The molecule has 0 spiro atoms. The second-order valence-corrected chi connectivity index (χ2v) is 5.95. The highest BCUT2D eigenvalue weighted by molar-refractivity contribution is 5.89. The summed E-state index contributed by atoms with van der Waals surface area (Å²) in [5.41, 5.74) is 0.451. The van der Waals surface area contributed by atoms with Gasteiger partial charge >= 0.3 is 5.97 Å². The van der Waals surface area contributed by atoms with Crippen LogP contribution in [0, 0.1) is 0 Å². The van der Waals surface area contributed by atoms with Crippen molar-refractivity contribution in [1.29, 1.82) is 0 Å². The molecule has 0 fully saturated rings. The van der Waals surface area contributed by atoms with Gasteiger partial charge < -0.3 is 9.84 Å². The zero-order valence-electron chi connectivity index (χ0n) is 14.9. The summed E-state index contributed by atoms with van der Waals surface area (Å²) in [5.74, 6) is -0.358. The van der Waals surface area contributed by atoms with Crippen LogP contribution in [0.1, 0.15) is 91.4 Å². The summed E-state index contributed by atoms with van der Waals surface area (Å²) in [5, 5.41) is 10.1. The lowest BCUT2D eigenvalue weighted by atomic mass is 10.0. The van der Waals surface area contributed by atoms with Crippen LogP contribution in [-0.2, 0) is 9.53 Å². The van der Waals surface area contributed by atoms with Gasteiger partial charge in [-0.15, -0.1) is 0 Å². The molecule has 0 amide bonds. The standard InChI is InChI=1S/C19H36O3/c1-4-7-8-9-10-11-12-13-14-16-17(18(20)15-5-2)19(21)22-6-3/h16,18,20H,4-15H2,1-3H3. The van der Waals surface area contributed by atoms with Gasteiger partial charge in [0.25, 0.3) is 0 Å². The molecule has 0 rings (SSSR count). The van der Waals surface area contributed by atoms with Crippen LogP contribution < -0.4 is 0 Å². The van der Waals surface area contributed by atoms with E-state index in [1.54, 1.807) is 6.92 Å². The number of aliphatic hydroxyl groups excluding tert-OH is 1. The van der Waals surface area contributed by atoms with Crippen molar-refractivity contribution in [2.24, 2.45) is 0 Å². The highest BCUT2D eigenvalue weighted by Gasteiger charge is 2.18. The van der Waals surface area contributed by atoms with Crippen LogP contribution in [0.5, 0.6) is 0 Å². The molecule has 0 aromatic carbocycles. The van der Waals surface area contributed by atoms with Crippen molar-refractivity contribution < 1.29 is 14.6 Å². The average Bonchev–Trinajstić information content (AvgIpc) is 2.49. The minimum absolute atomic E-state index is 0.354. The number of unbranched alkanes of at least 4 members (excludes halogenated alkanes) is 8.